The highest BCUT2D eigenvalue weighted by atomic mass is 16.5. The number of ether oxygens (including phenoxy) is 1. The third-order valence-corrected chi connectivity index (χ3v) is 4.14. The van der Waals surface area contributed by atoms with Crippen LogP contribution in [-0.4, -0.2) is 66.5 Å². The number of nitrogens with zero attached hydrogens (tertiary/aromatic N) is 1. The molecule has 0 aromatic heterocycles. The molecule has 2 saturated heterocycles. The summed E-state index contributed by atoms with van der Waals surface area (Å²) < 4.78 is 5.69. The molecule has 0 bridgehead atoms. The Balaban J connectivity index is 0.000000278. The van der Waals surface area contributed by atoms with Crippen molar-refractivity contribution in [1.82, 2.24) is 10.2 Å². The van der Waals surface area contributed by atoms with Gasteiger partial charge in [0.25, 0.3) is 5.97 Å². The molecule has 26 heavy (non-hydrogen) atoms. The number of hydrogen-bond acceptors (Lipinski definition) is 5. The van der Waals surface area contributed by atoms with Gasteiger partial charge >= 0.3 is 0 Å². The highest BCUT2D eigenvalue weighted by Crippen LogP contribution is 2.12. The number of carbonyl (C=O) groups is 1. The Morgan fingerprint density at radius 3 is 2.35 bits per heavy atom. The molecule has 1 atom stereocenters. The van der Waals surface area contributed by atoms with Crippen molar-refractivity contribution in [2.24, 2.45) is 0 Å². The first-order valence-electron chi connectivity index (χ1n) is 9.47. The Morgan fingerprint density at radius 2 is 1.88 bits per heavy atom. The number of aliphatic hydroxyl groups is 1. The minimum atomic E-state index is -0.833. The van der Waals surface area contributed by atoms with Gasteiger partial charge in [-0.15, -0.1) is 0 Å². The van der Waals surface area contributed by atoms with Crippen LogP contribution in [-0.2, 0) is 4.79 Å². The number of aryl methyl sites for hydroxylation is 1. The van der Waals surface area contributed by atoms with E-state index < -0.39 is 5.97 Å². The Morgan fingerprint density at radius 1 is 1.27 bits per heavy atom. The lowest BCUT2D eigenvalue weighted by atomic mass is 10.2. The molecule has 3 N–H and O–H groups in total. The zero-order valence-electron chi connectivity index (χ0n) is 16.1. The molecule has 0 radical (unpaired) electrons. The normalized spacial score (nSPS) is 19.1. The second-order valence-corrected chi connectivity index (χ2v) is 6.73. The van der Waals surface area contributed by atoms with E-state index in [1.165, 1.54) is 38.0 Å². The number of carboxylic acids is 1. The molecule has 1 aromatic carbocycles. The van der Waals surface area contributed by atoms with Gasteiger partial charge in [0.15, 0.2) is 0 Å². The number of likely N-dealkylation sites (tertiary alicyclic amines) is 1. The summed E-state index contributed by atoms with van der Waals surface area (Å²) in [5, 5.41) is 19.1. The smallest absolute Gasteiger partial charge is 0.300 e. The van der Waals surface area contributed by atoms with Crippen LogP contribution in [0.15, 0.2) is 24.3 Å². The fourth-order valence-corrected chi connectivity index (χ4v) is 2.76. The van der Waals surface area contributed by atoms with Crippen LogP contribution in [0.2, 0.25) is 0 Å². The summed E-state index contributed by atoms with van der Waals surface area (Å²) in [6.07, 6.45) is 4.75. The SMILES string of the molecule is CC(=O)O.Cc1ccc(OCCCN2CCCC2)cc1.O[C@@H]1CCNC1. The quantitative estimate of drug-likeness (QED) is 0.694. The molecular weight excluding hydrogens is 332 g/mol. The number of aliphatic carboxylic acids is 1. The lowest BCUT2D eigenvalue weighted by Crippen LogP contribution is -2.21. The average molecular weight is 367 g/mol. The van der Waals surface area contributed by atoms with Crippen molar-refractivity contribution in [3.05, 3.63) is 29.8 Å². The van der Waals surface area contributed by atoms with Gasteiger partial charge in [-0.1, -0.05) is 17.7 Å². The van der Waals surface area contributed by atoms with Gasteiger partial charge in [0.1, 0.15) is 5.75 Å². The zero-order valence-corrected chi connectivity index (χ0v) is 16.1. The van der Waals surface area contributed by atoms with E-state index in [4.69, 9.17) is 19.7 Å². The van der Waals surface area contributed by atoms with Crippen molar-refractivity contribution in [2.45, 2.75) is 45.6 Å². The van der Waals surface area contributed by atoms with Gasteiger partial charge in [-0.05, 0) is 64.4 Å². The number of carboxylic acid groups (broad SMARTS) is 1. The maximum absolute atomic E-state index is 9.00. The first-order valence-corrected chi connectivity index (χ1v) is 9.47. The average Bonchev–Trinajstić information content (AvgIpc) is 3.27. The van der Waals surface area contributed by atoms with Crippen molar-refractivity contribution >= 4 is 5.97 Å². The predicted octanol–water partition coefficient (Wildman–Crippen LogP) is 2.29. The number of hydrogen-bond donors (Lipinski definition) is 3. The molecule has 148 valence electrons. The van der Waals surface area contributed by atoms with Gasteiger partial charge in [0.05, 0.1) is 12.7 Å². The van der Waals surface area contributed by atoms with Crippen molar-refractivity contribution < 1.29 is 19.7 Å². The van der Waals surface area contributed by atoms with E-state index in [-0.39, 0.29) is 6.10 Å². The number of β-amino-alcohol motifs (C(OH)–C–C–N with tert-alkyl or cyclic N) is 1. The van der Waals surface area contributed by atoms with Crippen LogP contribution in [0.3, 0.4) is 0 Å². The molecule has 2 aliphatic heterocycles. The fourth-order valence-electron chi connectivity index (χ4n) is 2.76. The molecule has 0 unspecified atom stereocenters. The molecule has 2 fully saturated rings. The van der Waals surface area contributed by atoms with Crippen LogP contribution in [0.1, 0.15) is 38.2 Å². The van der Waals surface area contributed by atoms with E-state index >= 15 is 0 Å². The van der Waals surface area contributed by atoms with E-state index in [2.05, 4.69) is 29.3 Å². The van der Waals surface area contributed by atoms with Gasteiger partial charge in [0, 0.05) is 20.0 Å². The standard InChI is InChI=1S/C14H21NO.C4H9NO.C2H4O2/c1-13-5-7-14(8-6-13)16-12-4-11-15-9-2-3-10-15;6-4-1-2-5-3-4;1-2(3)4/h5-8H,2-4,9-12H2,1H3;4-6H,1-3H2;1H3,(H,3,4)/t;4-;/m.1./s1. The van der Waals surface area contributed by atoms with Gasteiger partial charge in [-0.3, -0.25) is 4.79 Å². The number of aliphatic hydroxyl groups excluding tert-OH is 1. The minimum Gasteiger partial charge on any atom is -0.494 e. The van der Waals surface area contributed by atoms with Gasteiger partial charge in [-0.25, -0.2) is 0 Å². The van der Waals surface area contributed by atoms with E-state index in [1.54, 1.807) is 0 Å². The number of benzene rings is 1. The van der Waals surface area contributed by atoms with Crippen LogP contribution < -0.4 is 10.1 Å². The topological polar surface area (TPSA) is 82.0 Å². The maximum atomic E-state index is 9.00. The summed E-state index contributed by atoms with van der Waals surface area (Å²) in [6, 6.07) is 8.28. The summed E-state index contributed by atoms with van der Waals surface area (Å²) in [4.78, 5) is 11.5. The summed E-state index contributed by atoms with van der Waals surface area (Å²) in [6.45, 7) is 9.54. The Hall–Kier alpha value is -1.63. The first-order chi connectivity index (χ1) is 12.5. The summed E-state index contributed by atoms with van der Waals surface area (Å²) in [7, 11) is 0. The van der Waals surface area contributed by atoms with Gasteiger partial charge in [-0.2, -0.15) is 0 Å². The molecule has 1 aromatic rings. The van der Waals surface area contributed by atoms with E-state index in [0.717, 1.165) is 45.2 Å². The van der Waals surface area contributed by atoms with Crippen LogP contribution >= 0.6 is 0 Å². The molecule has 0 amide bonds. The molecule has 0 spiro atoms. The minimum absolute atomic E-state index is 0.0648. The summed E-state index contributed by atoms with van der Waals surface area (Å²) in [5.74, 6) is 0.159. The van der Waals surface area contributed by atoms with Crippen LogP contribution in [0, 0.1) is 6.92 Å². The highest BCUT2D eigenvalue weighted by molar-refractivity contribution is 5.62. The Kier molecular flexibility index (Phi) is 11.7. The molecule has 2 aliphatic rings. The third-order valence-electron chi connectivity index (χ3n) is 4.14. The predicted molar refractivity (Wildman–Crippen MR) is 104 cm³/mol. The fraction of sp³-hybridized carbons (Fsp3) is 0.650. The van der Waals surface area contributed by atoms with E-state index in [9.17, 15) is 0 Å². The molecular formula is C20H34N2O4. The van der Waals surface area contributed by atoms with Crippen LogP contribution in [0.4, 0.5) is 0 Å². The molecule has 0 aliphatic carbocycles. The monoisotopic (exact) mass is 366 g/mol. The largest absolute Gasteiger partial charge is 0.494 e. The van der Waals surface area contributed by atoms with Crippen LogP contribution in [0.5, 0.6) is 5.75 Å². The summed E-state index contributed by atoms with van der Waals surface area (Å²) in [5.41, 5.74) is 1.28. The number of nitrogens with one attached hydrogen (secondary N) is 1. The first kappa shape index (κ1) is 22.4. The van der Waals surface area contributed by atoms with Crippen molar-refractivity contribution in [3.63, 3.8) is 0 Å². The highest BCUT2D eigenvalue weighted by Gasteiger charge is 2.10. The molecule has 3 rings (SSSR count). The van der Waals surface area contributed by atoms with Crippen molar-refractivity contribution in [2.75, 3.05) is 39.3 Å². The molecule has 6 heteroatoms. The zero-order chi connectivity index (χ0) is 19.2. The van der Waals surface area contributed by atoms with Gasteiger partial charge in [0.2, 0.25) is 0 Å². The second kappa shape index (κ2) is 13.6. The van der Waals surface area contributed by atoms with E-state index in [0.29, 0.717) is 0 Å². The molecule has 6 nitrogen and oxygen atoms in total. The Labute approximate surface area is 157 Å². The lowest BCUT2D eigenvalue weighted by Gasteiger charge is -2.14. The van der Waals surface area contributed by atoms with Crippen LogP contribution in [0.25, 0.3) is 0 Å². The van der Waals surface area contributed by atoms with Gasteiger partial charge < -0.3 is 25.2 Å². The van der Waals surface area contributed by atoms with Crippen molar-refractivity contribution in [1.29, 1.82) is 0 Å². The van der Waals surface area contributed by atoms with Crippen molar-refractivity contribution in [3.8, 4) is 5.75 Å². The van der Waals surface area contributed by atoms with E-state index in [1.807, 2.05) is 12.1 Å². The third kappa shape index (κ3) is 11.8. The maximum Gasteiger partial charge on any atom is 0.300 e. The summed E-state index contributed by atoms with van der Waals surface area (Å²) >= 11 is 0. The second-order valence-electron chi connectivity index (χ2n) is 6.73. The molecule has 0 saturated carbocycles. The Bertz CT molecular complexity index is 477. The lowest BCUT2D eigenvalue weighted by molar-refractivity contribution is -0.134. The number of rotatable bonds is 5. The molecule has 2 heterocycles.